The molecule has 5 heterocycles. The second-order valence-electron chi connectivity index (χ2n) is 16.0. The number of carbonyl (C=O) groups excluding carboxylic acids is 3. The third-order valence-electron chi connectivity index (χ3n) is 11.3. The quantitative estimate of drug-likeness (QED) is 0.0504. The predicted molar refractivity (Wildman–Crippen MR) is 255 cm³/mol. The van der Waals surface area contributed by atoms with Gasteiger partial charge in [-0.3, -0.25) is 19.3 Å². The van der Waals surface area contributed by atoms with Crippen LogP contribution in [0.3, 0.4) is 0 Å². The Morgan fingerprint density at radius 1 is 0.910 bits per heavy atom. The molecule has 2 aromatic carbocycles. The van der Waals surface area contributed by atoms with Crippen molar-refractivity contribution in [3.8, 4) is 17.6 Å². The minimum Gasteiger partial charge on any atom is -0.491 e. The van der Waals surface area contributed by atoms with Gasteiger partial charge in [-0.2, -0.15) is 0 Å². The Balaban J connectivity index is 0.812. The van der Waals surface area contributed by atoms with Crippen molar-refractivity contribution < 1.29 is 38.1 Å². The first kappa shape index (κ1) is 48.7. The zero-order valence-corrected chi connectivity index (χ0v) is 39.3. The van der Waals surface area contributed by atoms with E-state index in [0.29, 0.717) is 125 Å². The molecule has 3 amide bonds. The van der Waals surface area contributed by atoms with Crippen molar-refractivity contribution in [2.24, 2.45) is 0 Å². The molecule has 1 fully saturated rings. The van der Waals surface area contributed by atoms with E-state index in [1.165, 1.54) is 17.4 Å². The summed E-state index contributed by atoms with van der Waals surface area (Å²) in [7, 11) is 0. The van der Waals surface area contributed by atoms with Gasteiger partial charge in [0.05, 0.1) is 36.6 Å². The van der Waals surface area contributed by atoms with Crippen LogP contribution in [-0.2, 0) is 32.0 Å². The number of halogens is 1. The highest BCUT2D eigenvalue weighted by Crippen LogP contribution is 2.39. The molecule has 20 heteroatoms. The second-order valence-corrected chi connectivity index (χ2v) is 18.1. The number of nitrogens with zero attached hydrogens (tertiary/aromatic N) is 7. The zero-order chi connectivity index (χ0) is 47.1. The summed E-state index contributed by atoms with van der Waals surface area (Å²) in [6.45, 7) is 9.02. The lowest BCUT2D eigenvalue weighted by molar-refractivity contribution is -0.133. The molecule has 354 valence electrons. The van der Waals surface area contributed by atoms with Crippen LogP contribution < -0.4 is 25.6 Å². The van der Waals surface area contributed by atoms with Crippen LogP contribution in [0.5, 0.6) is 5.75 Å². The van der Waals surface area contributed by atoms with Crippen molar-refractivity contribution in [2.45, 2.75) is 65.2 Å². The maximum Gasteiger partial charge on any atom is 0.355 e. The molecular formula is C47H55FN10O7S2. The van der Waals surface area contributed by atoms with Crippen molar-refractivity contribution in [3.63, 3.8) is 0 Å². The normalized spacial score (nSPS) is 13.7. The molecule has 2 aliphatic heterocycles. The lowest BCUT2D eigenvalue weighted by Crippen LogP contribution is -2.48. The van der Waals surface area contributed by atoms with Gasteiger partial charge in [-0.05, 0) is 69.4 Å². The number of piperazine rings is 1. The number of fused-ring (bicyclic) bond motifs is 2. The summed E-state index contributed by atoms with van der Waals surface area (Å²) in [6, 6.07) is 12.5. The molecular weight excluding hydrogens is 900 g/mol. The van der Waals surface area contributed by atoms with Crippen LogP contribution in [0.4, 0.5) is 26.3 Å². The summed E-state index contributed by atoms with van der Waals surface area (Å²) in [6.07, 6.45) is 3.89. The summed E-state index contributed by atoms with van der Waals surface area (Å²) >= 11 is 2.85. The Labute approximate surface area is 396 Å². The van der Waals surface area contributed by atoms with Gasteiger partial charge in [-0.15, -0.1) is 21.5 Å². The molecule has 17 nitrogen and oxygen atoms in total. The number of hydrogen-bond donors (Lipinski definition) is 4. The molecule has 0 aliphatic carbocycles. The number of aryl methyl sites for hydroxylation is 1. The maximum absolute atomic E-state index is 15.1. The number of ether oxygens (including phenoxy) is 2. The van der Waals surface area contributed by atoms with Crippen LogP contribution in [0.25, 0.3) is 10.2 Å². The molecule has 3 aromatic heterocycles. The molecule has 0 atom stereocenters. The summed E-state index contributed by atoms with van der Waals surface area (Å²) in [5.41, 5.74) is 3.38. The van der Waals surface area contributed by atoms with E-state index in [-0.39, 0.29) is 42.2 Å². The Morgan fingerprint density at radius 2 is 1.70 bits per heavy atom. The number of benzene rings is 2. The molecule has 0 spiro atoms. The van der Waals surface area contributed by atoms with E-state index < -0.39 is 11.8 Å². The first-order valence-electron chi connectivity index (χ1n) is 22.6. The van der Waals surface area contributed by atoms with Gasteiger partial charge in [0.1, 0.15) is 0 Å². The molecule has 5 aromatic rings. The smallest absolute Gasteiger partial charge is 0.355 e. The fourth-order valence-electron chi connectivity index (χ4n) is 7.62. The number of rotatable bonds is 21. The van der Waals surface area contributed by atoms with E-state index in [2.05, 4.69) is 52.9 Å². The molecule has 0 unspecified atom stereocenters. The van der Waals surface area contributed by atoms with Gasteiger partial charge in [0.15, 0.2) is 39.2 Å². The van der Waals surface area contributed by atoms with Crippen molar-refractivity contribution in [3.05, 3.63) is 75.5 Å². The van der Waals surface area contributed by atoms with Crippen LogP contribution in [0, 0.1) is 24.6 Å². The topological polar surface area (TPSA) is 204 Å². The van der Waals surface area contributed by atoms with Gasteiger partial charge in [0.25, 0.3) is 0 Å². The summed E-state index contributed by atoms with van der Waals surface area (Å²) in [4.78, 5) is 64.1. The fourth-order valence-corrected chi connectivity index (χ4v) is 9.61. The van der Waals surface area contributed by atoms with Crippen molar-refractivity contribution in [2.75, 3.05) is 82.4 Å². The van der Waals surface area contributed by atoms with Gasteiger partial charge in [0.2, 0.25) is 17.7 Å². The number of amides is 3. The van der Waals surface area contributed by atoms with Gasteiger partial charge in [-0.1, -0.05) is 42.2 Å². The van der Waals surface area contributed by atoms with Gasteiger partial charge >= 0.3 is 5.97 Å². The first-order chi connectivity index (χ1) is 32.6. The maximum atomic E-state index is 15.1. The molecule has 67 heavy (non-hydrogen) atoms. The van der Waals surface area contributed by atoms with Crippen molar-refractivity contribution in [1.82, 2.24) is 40.6 Å². The summed E-state index contributed by atoms with van der Waals surface area (Å²) in [5, 5.41) is 29.2. The molecule has 1 saturated heterocycles. The molecule has 7 rings (SSSR count). The largest absolute Gasteiger partial charge is 0.491 e. The third kappa shape index (κ3) is 13.4. The minimum atomic E-state index is -1.12. The average molecular weight is 955 g/mol. The van der Waals surface area contributed by atoms with Gasteiger partial charge in [-0.25, -0.2) is 19.2 Å². The number of nitrogens with one attached hydrogen (secondary N) is 3. The number of thiazole rings is 2. The second kappa shape index (κ2) is 24.0. The van der Waals surface area contributed by atoms with E-state index in [4.69, 9.17) is 9.47 Å². The molecule has 2 aliphatic rings. The number of carboxylic acid groups (broad SMARTS) is 1. The Kier molecular flexibility index (Phi) is 17.4. The van der Waals surface area contributed by atoms with Gasteiger partial charge < -0.3 is 40.3 Å². The van der Waals surface area contributed by atoms with E-state index in [0.717, 1.165) is 39.3 Å². The molecule has 4 N–H and O–H groups in total. The summed E-state index contributed by atoms with van der Waals surface area (Å²) in [5.74, 6) is 5.70. The predicted octanol–water partition coefficient (Wildman–Crippen LogP) is 5.85. The first-order valence-corrected chi connectivity index (χ1v) is 24.2. The van der Waals surface area contributed by atoms with Crippen LogP contribution >= 0.6 is 22.7 Å². The number of aromatic carboxylic acids is 1. The number of hydrogen-bond acceptors (Lipinski definition) is 15. The molecule has 0 bridgehead atoms. The highest BCUT2D eigenvalue weighted by atomic mass is 32.1. The van der Waals surface area contributed by atoms with Crippen LogP contribution in [0.2, 0.25) is 0 Å². The van der Waals surface area contributed by atoms with Crippen LogP contribution in [0.15, 0.2) is 42.5 Å². The lowest BCUT2D eigenvalue weighted by atomic mass is 10.0. The van der Waals surface area contributed by atoms with E-state index in [1.807, 2.05) is 41.0 Å². The Bertz CT molecular complexity index is 2570. The number of aromatic nitrogens is 4. The standard InChI is InChI=1S/C47H55FN10O7S2/c1-3-39(59)49-19-28-64-29-20-50-40(60)15-6-16-41(61)57-25-23-56(24-26-57)21-7-10-32-17-18-36(34(48)30-32)65-27-9-14-38-42(45(62)63)52-47(67-38)58-22-8-11-33-31(2)43(54-55-44(33)58)53-46-51-35-12-4-5-13-37(35)66-46/h4-5,12-13,17-18,30H,3,6,8-9,11,14-16,19-29H2,1-2H3,(H,49,59)(H,50,60)(H,62,63)(H,51,53,54). The van der Waals surface area contributed by atoms with E-state index >= 15 is 4.39 Å². The van der Waals surface area contributed by atoms with Gasteiger partial charge in [0, 0.05) is 86.6 Å². The third-order valence-corrected chi connectivity index (χ3v) is 13.4. The number of carboxylic acids is 1. The van der Waals surface area contributed by atoms with Crippen molar-refractivity contribution >= 4 is 78.5 Å². The Hall–Kier alpha value is -6.27. The molecule has 0 saturated carbocycles. The van der Waals surface area contributed by atoms with Crippen LogP contribution in [0.1, 0.15) is 77.5 Å². The Morgan fingerprint density at radius 3 is 2.46 bits per heavy atom. The van der Waals surface area contributed by atoms with Crippen molar-refractivity contribution in [1.29, 1.82) is 0 Å². The number of anilines is 4. The highest BCUT2D eigenvalue weighted by molar-refractivity contribution is 7.22. The minimum absolute atomic E-state index is 0.0172. The summed E-state index contributed by atoms with van der Waals surface area (Å²) < 4.78 is 27.3. The van der Waals surface area contributed by atoms with E-state index in [1.54, 1.807) is 30.4 Å². The SMILES string of the molecule is CCC(=O)NCCOCCNC(=O)CCCC(=O)N1CCN(CC#Cc2ccc(OCCCc3sc(N4CCCc5c4nnc(Nc4nc6ccccc6s4)c5C)nc3C(=O)O)c(F)c2)CC1. The van der Waals surface area contributed by atoms with Crippen LogP contribution in [-0.4, -0.2) is 131 Å². The highest BCUT2D eigenvalue weighted by Gasteiger charge is 2.29. The number of para-hydroxylation sites is 1. The fraction of sp³-hybridized carbons (Fsp3) is 0.447. The number of carbonyl (C=O) groups is 4. The zero-order valence-electron chi connectivity index (χ0n) is 37.7. The average Bonchev–Trinajstić information content (AvgIpc) is 3.96. The monoisotopic (exact) mass is 954 g/mol. The molecule has 0 radical (unpaired) electrons. The van der Waals surface area contributed by atoms with E-state index in [9.17, 15) is 24.3 Å². The lowest BCUT2D eigenvalue weighted by Gasteiger charge is -2.33.